The van der Waals surface area contributed by atoms with Gasteiger partial charge in [-0.15, -0.1) is 0 Å². The van der Waals surface area contributed by atoms with Gasteiger partial charge in [0.1, 0.15) is 12.2 Å². The number of hydrogen-bond acceptors (Lipinski definition) is 5. The summed E-state index contributed by atoms with van der Waals surface area (Å²) in [6.07, 6.45) is 1.12. The van der Waals surface area contributed by atoms with Crippen LogP contribution in [0.5, 0.6) is 0 Å². The Morgan fingerprint density at radius 1 is 1.03 bits per heavy atom. The number of aliphatic carboxylic acids is 1. The third-order valence-corrected chi connectivity index (χ3v) is 7.01. The molecule has 1 saturated heterocycles. The van der Waals surface area contributed by atoms with Crippen LogP contribution in [0.15, 0.2) is 48.5 Å². The monoisotopic (exact) mass is 508 g/mol. The standard InChI is InChI=1S/C29H36N2O6/c1-29(2,3)37-27(34)30-17-19(16-26(32)33)25-14-8-9-15-31(25)28(35)36-18-24-22-12-6-4-10-20(22)21-11-5-7-13-23(21)24/h4-7,10-13,19,24-25H,8-9,14-18H2,1-3H3,(H,30,34)(H,32,33). The summed E-state index contributed by atoms with van der Waals surface area (Å²) in [6, 6.07) is 16.0. The van der Waals surface area contributed by atoms with Crippen LogP contribution in [-0.2, 0) is 14.3 Å². The molecule has 2 N–H and O–H groups in total. The first-order chi connectivity index (χ1) is 17.6. The highest BCUT2D eigenvalue weighted by molar-refractivity contribution is 5.79. The number of carbonyl (C=O) groups excluding carboxylic acids is 2. The lowest BCUT2D eigenvalue weighted by Crippen LogP contribution is -2.51. The van der Waals surface area contributed by atoms with E-state index in [9.17, 15) is 19.5 Å². The summed E-state index contributed by atoms with van der Waals surface area (Å²) in [5.41, 5.74) is 3.92. The number of benzene rings is 2. The molecule has 1 aliphatic heterocycles. The number of carbonyl (C=O) groups is 3. The summed E-state index contributed by atoms with van der Waals surface area (Å²) in [7, 11) is 0. The maximum Gasteiger partial charge on any atom is 0.410 e. The van der Waals surface area contributed by atoms with Gasteiger partial charge < -0.3 is 24.8 Å². The number of fused-ring (bicyclic) bond motifs is 3. The summed E-state index contributed by atoms with van der Waals surface area (Å²) in [6.45, 7) is 6.09. The Morgan fingerprint density at radius 2 is 1.65 bits per heavy atom. The second-order valence-corrected chi connectivity index (χ2v) is 10.8. The van der Waals surface area contributed by atoms with Crippen LogP contribution in [-0.4, -0.2) is 59.5 Å². The van der Waals surface area contributed by atoms with Crippen LogP contribution in [0.1, 0.15) is 63.5 Å². The van der Waals surface area contributed by atoms with E-state index in [0.29, 0.717) is 13.0 Å². The molecule has 1 heterocycles. The van der Waals surface area contributed by atoms with E-state index in [0.717, 1.165) is 35.1 Å². The predicted octanol–water partition coefficient (Wildman–Crippen LogP) is 5.41. The van der Waals surface area contributed by atoms with Crippen LogP contribution < -0.4 is 5.32 Å². The highest BCUT2D eigenvalue weighted by atomic mass is 16.6. The quantitative estimate of drug-likeness (QED) is 0.518. The maximum absolute atomic E-state index is 13.3. The summed E-state index contributed by atoms with van der Waals surface area (Å²) in [4.78, 5) is 38.9. The Kier molecular flexibility index (Phi) is 8.05. The maximum atomic E-state index is 13.3. The SMILES string of the molecule is CC(C)(C)OC(=O)NCC(CC(=O)O)C1CCCCN1C(=O)OCC1c2ccccc2-c2ccccc21. The number of nitrogens with zero attached hydrogens (tertiary/aromatic N) is 1. The van der Waals surface area contributed by atoms with Crippen molar-refractivity contribution >= 4 is 18.2 Å². The first kappa shape index (κ1) is 26.5. The van der Waals surface area contributed by atoms with E-state index in [1.54, 1.807) is 25.7 Å². The molecule has 4 rings (SSSR count). The summed E-state index contributed by atoms with van der Waals surface area (Å²) in [5.74, 6) is -1.50. The fourth-order valence-corrected chi connectivity index (χ4v) is 5.45. The molecule has 8 heteroatoms. The number of carboxylic acids is 1. The van der Waals surface area contributed by atoms with Crippen molar-refractivity contribution in [3.63, 3.8) is 0 Å². The molecule has 0 radical (unpaired) electrons. The van der Waals surface area contributed by atoms with Crippen molar-refractivity contribution in [2.75, 3.05) is 19.7 Å². The number of piperidine rings is 1. The Balaban J connectivity index is 1.45. The molecule has 8 nitrogen and oxygen atoms in total. The van der Waals surface area contributed by atoms with Crippen molar-refractivity contribution in [2.45, 2.75) is 64.0 Å². The number of carboxylic acid groups (broad SMARTS) is 1. The molecule has 0 bridgehead atoms. The first-order valence-electron chi connectivity index (χ1n) is 12.9. The average Bonchev–Trinajstić information content (AvgIpc) is 3.17. The fraction of sp³-hybridized carbons (Fsp3) is 0.483. The van der Waals surface area contributed by atoms with E-state index in [1.807, 2.05) is 24.3 Å². The Bertz CT molecular complexity index is 1100. The van der Waals surface area contributed by atoms with E-state index in [4.69, 9.17) is 9.47 Å². The van der Waals surface area contributed by atoms with Crippen LogP contribution in [0.3, 0.4) is 0 Å². The second-order valence-electron chi connectivity index (χ2n) is 10.8. The van der Waals surface area contributed by atoms with Crippen LogP contribution in [0.25, 0.3) is 11.1 Å². The lowest BCUT2D eigenvalue weighted by atomic mass is 9.88. The molecule has 0 saturated carbocycles. The van der Waals surface area contributed by atoms with E-state index in [1.165, 1.54) is 0 Å². The molecule has 2 aromatic carbocycles. The van der Waals surface area contributed by atoms with Crippen LogP contribution in [0, 0.1) is 5.92 Å². The van der Waals surface area contributed by atoms with Crippen molar-refractivity contribution in [3.05, 3.63) is 59.7 Å². The molecular formula is C29H36N2O6. The van der Waals surface area contributed by atoms with Crippen LogP contribution >= 0.6 is 0 Å². The molecule has 0 aromatic heterocycles. The van der Waals surface area contributed by atoms with Gasteiger partial charge >= 0.3 is 18.2 Å². The van der Waals surface area contributed by atoms with Crippen molar-refractivity contribution in [3.8, 4) is 11.1 Å². The molecule has 1 fully saturated rings. The smallest absolute Gasteiger partial charge is 0.410 e. The summed E-state index contributed by atoms with van der Waals surface area (Å²) < 4.78 is 11.2. The van der Waals surface area contributed by atoms with E-state index >= 15 is 0 Å². The zero-order valence-corrected chi connectivity index (χ0v) is 21.7. The van der Waals surface area contributed by atoms with Crippen LogP contribution in [0.2, 0.25) is 0 Å². The van der Waals surface area contributed by atoms with Gasteiger partial charge in [-0.05, 0) is 62.3 Å². The summed E-state index contributed by atoms with van der Waals surface area (Å²) in [5, 5.41) is 12.2. The largest absolute Gasteiger partial charge is 0.481 e. The highest BCUT2D eigenvalue weighted by Gasteiger charge is 2.36. The van der Waals surface area contributed by atoms with Gasteiger partial charge in [0.05, 0.1) is 6.42 Å². The van der Waals surface area contributed by atoms with Crippen LogP contribution in [0.4, 0.5) is 9.59 Å². The van der Waals surface area contributed by atoms with Gasteiger partial charge in [-0.25, -0.2) is 9.59 Å². The predicted molar refractivity (Wildman–Crippen MR) is 139 cm³/mol. The van der Waals surface area contributed by atoms with Gasteiger partial charge in [0.25, 0.3) is 0 Å². The van der Waals surface area contributed by atoms with Crippen molar-refractivity contribution in [1.82, 2.24) is 10.2 Å². The highest BCUT2D eigenvalue weighted by Crippen LogP contribution is 2.44. The van der Waals surface area contributed by atoms with E-state index in [2.05, 4.69) is 29.6 Å². The number of amides is 2. The minimum atomic E-state index is -0.978. The Labute approximate surface area is 217 Å². The normalized spacial score (nSPS) is 17.9. The first-order valence-corrected chi connectivity index (χ1v) is 12.9. The zero-order chi connectivity index (χ0) is 26.6. The molecule has 2 aromatic rings. The van der Waals surface area contributed by atoms with E-state index in [-0.39, 0.29) is 31.5 Å². The Morgan fingerprint density at radius 3 is 2.24 bits per heavy atom. The number of ether oxygens (including phenoxy) is 2. The molecule has 1 aliphatic carbocycles. The number of hydrogen-bond donors (Lipinski definition) is 2. The zero-order valence-electron chi connectivity index (χ0n) is 21.7. The Hall–Kier alpha value is -3.55. The third kappa shape index (κ3) is 6.42. The lowest BCUT2D eigenvalue weighted by Gasteiger charge is -2.39. The lowest BCUT2D eigenvalue weighted by molar-refractivity contribution is -0.138. The van der Waals surface area contributed by atoms with Crippen molar-refractivity contribution < 1.29 is 29.0 Å². The van der Waals surface area contributed by atoms with Crippen molar-refractivity contribution in [2.24, 2.45) is 5.92 Å². The fourth-order valence-electron chi connectivity index (χ4n) is 5.45. The minimum Gasteiger partial charge on any atom is -0.481 e. The number of alkyl carbamates (subject to hydrolysis) is 1. The minimum absolute atomic E-state index is 0.0526. The molecule has 198 valence electrons. The number of likely N-dealkylation sites (tertiary alicyclic amines) is 1. The molecule has 2 amide bonds. The van der Waals surface area contributed by atoms with Gasteiger partial charge in [-0.1, -0.05) is 48.5 Å². The molecular weight excluding hydrogens is 472 g/mol. The van der Waals surface area contributed by atoms with Gasteiger partial charge in [0.2, 0.25) is 0 Å². The summed E-state index contributed by atoms with van der Waals surface area (Å²) >= 11 is 0. The van der Waals surface area contributed by atoms with Gasteiger partial charge in [0, 0.05) is 31.0 Å². The molecule has 37 heavy (non-hydrogen) atoms. The van der Waals surface area contributed by atoms with Gasteiger partial charge in [0.15, 0.2) is 0 Å². The molecule has 2 atom stereocenters. The van der Waals surface area contributed by atoms with Crippen molar-refractivity contribution in [1.29, 1.82) is 0 Å². The second kappa shape index (κ2) is 11.2. The number of rotatable bonds is 7. The third-order valence-electron chi connectivity index (χ3n) is 7.01. The van der Waals surface area contributed by atoms with E-state index < -0.39 is 29.7 Å². The number of nitrogens with one attached hydrogen (secondary N) is 1. The van der Waals surface area contributed by atoms with Gasteiger partial charge in [-0.3, -0.25) is 4.79 Å². The molecule has 2 unspecified atom stereocenters. The molecule has 2 aliphatic rings. The molecule has 0 spiro atoms. The average molecular weight is 509 g/mol. The van der Waals surface area contributed by atoms with Gasteiger partial charge in [-0.2, -0.15) is 0 Å². The topological polar surface area (TPSA) is 105 Å².